The van der Waals surface area contributed by atoms with Gasteiger partial charge in [-0.15, -0.1) is 22.9 Å². The zero-order valence-corrected chi connectivity index (χ0v) is 10.6. The first-order valence-corrected chi connectivity index (χ1v) is 6.99. The molecular formula is C11H15ClN2OS. The second-order valence-electron chi connectivity index (χ2n) is 3.99. The van der Waals surface area contributed by atoms with Crippen molar-refractivity contribution in [3.8, 4) is 0 Å². The SMILES string of the molecule is O=C(c1cncs1)N1CCCCC1CCCl. The second-order valence-corrected chi connectivity index (χ2v) is 5.26. The fourth-order valence-corrected chi connectivity index (χ4v) is 2.98. The van der Waals surface area contributed by atoms with E-state index in [9.17, 15) is 4.79 Å². The third kappa shape index (κ3) is 2.55. The number of hydrogen-bond acceptors (Lipinski definition) is 3. The maximum absolute atomic E-state index is 12.2. The third-order valence-corrected chi connectivity index (χ3v) is 3.95. The molecule has 1 fully saturated rings. The summed E-state index contributed by atoms with van der Waals surface area (Å²) in [6, 6.07) is 0.320. The Morgan fingerprint density at radius 2 is 2.50 bits per heavy atom. The molecule has 3 nitrogen and oxygen atoms in total. The predicted molar refractivity (Wildman–Crippen MR) is 66.1 cm³/mol. The van der Waals surface area contributed by atoms with Crippen LogP contribution in [-0.2, 0) is 0 Å². The molecular weight excluding hydrogens is 244 g/mol. The van der Waals surface area contributed by atoms with E-state index in [2.05, 4.69) is 4.98 Å². The Kier molecular flexibility index (Phi) is 4.18. The molecule has 2 rings (SSSR count). The molecule has 1 aromatic heterocycles. The molecule has 1 amide bonds. The molecule has 2 heterocycles. The minimum atomic E-state index is 0.123. The van der Waals surface area contributed by atoms with E-state index in [-0.39, 0.29) is 5.91 Å². The van der Waals surface area contributed by atoms with E-state index in [1.807, 2.05) is 4.90 Å². The van der Waals surface area contributed by atoms with Crippen LogP contribution in [0.25, 0.3) is 0 Å². The van der Waals surface area contributed by atoms with Crippen LogP contribution in [-0.4, -0.2) is 34.3 Å². The van der Waals surface area contributed by atoms with Crippen LogP contribution in [0.5, 0.6) is 0 Å². The number of rotatable bonds is 3. The highest BCUT2D eigenvalue weighted by Gasteiger charge is 2.27. The van der Waals surface area contributed by atoms with Gasteiger partial charge in [0.05, 0.1) is 11.7 Å². The van der Waals surface area contributed by atoms with Crippen LogP contribution in [0.1, 0.15) is 35.4 Å². The van der Waals surface area contributed by atoms with E-state index >= 15 is 0 Å². The lowest BCUT2D eigenvalue weighted by atomic mass is 10.00. The second kappa shape index (κ2) is 5.64. The topological polar surface area (TPSA) is 33.2 Å². The van der Waals surface area contributed by atoms with Crippen molar-refractivity contribution in [1.82, 2.24) is 9.88 Å². The van der Waals surface area contributed by atoms with Gasteiger partial charge in [0.2, 0.25) is 0 Å². The minimum Gasteiger partial charge on any atom is -0.335 e. The summed E-state index contributed by atoms with van der Waals surface area (Å²) in [6.07, 6.45) is 5.93. The molecule has 88 valence electrons. The molecule has 5 heteroatoms. The smallest absolute Gasteiger partial charge is 0.265 e. The van der Waals surface area contributed by atoms with Gasteiger partial charge in [0.25, 0.3) is 5.91 Å². The normalized spacial score (nSPS) is 21.1. The van der Waals surface area contributed by atoms with Crippen LogP contribution < -0.4 is 0 Å². The molecule has 1 aliphatic heterocycles. The summed E-state index contributed by atoms with van der Waals surface area (Å²) in [4.78, 5) is 18.9. The standard InChI is InChI=1S/C11H15ClN2OS/c12-5-4-9-3-1-2-6-14(9)11(15)10-7-13-8-16-10/h7-9H,1-6H2. The Bertz CT molecular complexity index is 340. The minimum absolute atomic E-state index is 0.123. The number of nitrogens with zero attached hydrogens (tertiary/aromatic N) is 2. The van der Waals surface area contributed by atoms with Crippen molar-refractivity contribution in [2.45, 2.75) is 31.7 Å². The summed E-state index contributed by atoms with van der Waals surface area (Å²) < 4.78 is 0. The van der Waals surface area contributed by atoms with Crippen molar-refractivity contribution >= 4 is 28.8 Å². The van der Waals surface area contributed by atoms with Crippen molar-refractivity contribution in [3.05, 3.63) is 16.6 Å². The van der Waals surface area contributed by atoms with Crippen LogP contribution >= 0.6 is 22.9 Å². The number of halogens is 1. The van der Waals surface area contributed by atoms with E-state index in [0.29, 0.717) is 11.9 Å². The van der Waals surface area contributed by atoms with Crippen LogP contribution in [0.2, 0.25) is 0 Å². The monoisotopic (exact) mass is 258 g/mol. The van der Waals surface area contributed by atoms with Crippen molar-refractivity contribution in [3.63, 3.8) is 0 Å². The lowest BCUT2D eigenvalue weighted by Gasteiger charge is -2.35. The highest BCUT2D eigenvalue weighted by molar-refractivity contribution is 7.11. The number of likely N-dealkylation sites (tertiary alicyclic amines) is 1. The van der Waals surface area contributed by atoms with Gasteiger partial charge in [-0.1, -0.05) is 0 Å². The first-order valence-electron chi connectivity index (χ1n) is 5.58. The van der Waals surface area contributed by atoms with E-state index in [4.69, 9.17) is 11.6 Å². The van der Waals surface area contributed by atoms with E-state index in [1.54, 1.807) is 11.7 Å². The fraction of sp³-hybridized carbons (Fsp3) is 0.636. The van der Waals surface area contributed by atoms with Gasteiger partial charge in [-0.3, -0.25) is 9.78 Å². The average molecular weight is 259 g/mol. The maximum Gasteiger partial charge on any atom is 0.265 e. The highest BCUT2D eigenvalue weighted by atomic mass is 35.5. The number of thiazole rings is 1. The molecule has 0 spiro atoms. The van der Waals surface area contributed by atoms with Crippen LogP contribution in [0, 0.1) is 0 Å². The van der Waals surface area contributed by atoms with Crippen molar-refractivity contribution in [2.24, 2.45) is 0 Å². The Labute approximate surface area is 104 Å². The van der Waals surface area contributed by atoms with Gasteiger partial charge in [-0.05, 0) is 25.7 Å². The molecule has 1 unspecified atom stereocenters. The molecule has 0 saturated carbocycles. The van der Waals surface area contributed by atoms with Crippen molar-refractivity contribution in [1.29, 1.82) is 0 Å². The summed E-state index contributed by atoms with van der Waals surface area (Å²) in [5.74, 6) is 0.745. The van der Waals surface area contributed by atoms with Gasteiger partial charge >= 0.3 is 0 Å². The largest absolute Gasteiger partial charge is 0.335 e. The third-order valence-electron chi connectivity index (χ3n) is 2.97. The quantitative estimate of drug-likeness (QED) is 0.781. The average Bonchev–Trinajstić information content (AvgIpc) is 2.83. The van der Waals surface area contributed by atoms with Gasteiger partial charge in [0, 0.05) is 18.5 Å². The van der Waals surface area contributed by atoms with Crippen LogP contribution in [0.15, 0.2) is 11.7 Å². The number of alkyl halides is 1. The van der Waals surface area contributed by atoms with Crippen molar-refractivity contribution < 1.29 is 4.79 Å². The summed E-state index contributed by atoms with van der Waals surface area (Å²) in [7, 11) is 0. The van der Waals surface area contributed by atoms with Crippen LogP contribution in [0.4, 0.5) is 0 Å². The molecule has 0 aromatic carbocycles. The molecule has 16 heavy (non-hydrogen) atoms. The zero-order valence-electron chi connectivity index (χ0n) is 9.06. The lowest BCUT2D eigenvalue weighted by Crippen LogP contribution is -2.43. The summed E-state index contributed by atoms with van der Waals surface area (Å²) in [6.45, 7) is 0.859. The summed E-state index contributed by atoms with van der Waals surface area (Å²) in [5.41, 5.74) is 1.70. The maximum atomic E-state index is 12.2. The lowest BCUT2D eigenvalue weighted by molar-refractivity contribution is 0.0614. The Hall–Kier alpha value is -0.610. The number of carbonyl (C=O) groups is 1. The molecule has 0 aliphatic carbocycles. The van der Waals surface area contributed by atoms with Gasteiger partial charge in [0.1, 0.15) is 4.88 Å². The zero-order chi connectivity index (χ0) is 11.4. The first-order chi connectivity index (χ1) is 7.83. The van der Waals surface area contributed by atoms with Gasteiger partial charge in [0.15, 0.2) is 0 Å². The molecule has 1 atom stereocenters. The number of amides is 1. The molecule has 0 N–H and O–H groups in total. The number of piperidine rings is 1. The Balaban J connectivity index is 2.08. The van der Waals surface area contributed by atoms with Gasteiger partial charge < -0.3 is 4.90 Å². The number of hydrogen-bond donors (Lipinski definition) is 0. The Morgan fingerprint density at radius 1 is 1.62 bits per heavy atom. The van der Waals surface area contributed by atoms with E-state index in [1.165, 1.54) is 17.8 Å². The number of carbonyl (C=O) groups excluding carboxylic acids is 1. The number of aromatic nitrogens is 1. The molecule has 0 radical (unpaired) electrons. The summed E-state index contributed by atoms with van der Waals surface area (Å²) >= 11 is 7.19. The molecule has 1 saturated heterocycles. The molecule has 1 aromatic rings. The first kappa shape index (κ1) is 11.9. The van der Waals surface area contributed by atoms with Crippen LogP contribution in [0.3, 0.4) is 0 Å². The Morgan fingerprint density at radius 3 is 3.19 bits per heavy atom. The van der Waals surface area contributed by atoms with E-state index < -0.39 is 0 Å². The highest BCUT2D eigenvalue weighted by Crippen LogP contribution is 2.23. The van der Waals surface area contributed by atoms with Gasteiger partial charge in [-0.2, -0.15) is 0 Å². The van der Waals surface area contributed by atoms with Crippen molar-refractivity contribution in [2.75, 3.05) is 12.4 Å². The predicted octanol–water partition coefficient (Wildman–Crippen LogP) is 2.77. The fourth-order valence-electron chi connectivity index (χ4n) is 2.16. The van der Waals surface area contributed by atoms with E-state index in [0.717, 1.165) is 30.7 Å². The molecule has 0 bridgehead atoms. The van der Waals surface area contributed by atoms with Gasteiger partial charge in [-0.25, -0.2) is 0 Å². The summed E-state index contributed by atoms with van der Waals surface area (Å²) in [5, 5.41) is 0. The molecule has 1 aliphatic rings.